The van der Waals surface area contributed by atoms with E-state index in [2.05, 4.69) is 53.5 Å². The van der Waals surface area contributed by atoms with Crippen molar-refractivity contribution in [2.45, 2.75) is 31.0 Å². The van der Waals surface area contributed by atoms with E-state index in [-0.39, 0.29) is 31.7 Å². The molecule has 0 saturated carbocycles. The Morgan fingerprint density at radius 2 is 1.66 bits per heavy atom. The summed E-state index contributed by atoms with van der Waals surface area (Å²) < 4.78 is 11.5. The second-order valence-corrected chi connectivity index (χ2v) is 9.54. The first-order chi connectivity index (χ1) is 17.1. The van der Waals surface area contributed by atoms with E-state index in [4.69, 9.17) is 9.47 Å². The molecule has 2 N–H and O–H groups in total. The summed E-state index contributed by atoms with van der Waals surface area (Å²) in [5.41, 5.74) is 5.18. The molecule has 0 radical (unpaired) electrons. The molecule has 2 aliphatic rings. The van der Waals surface area contributed by atoms with Gasteiger partial charge in [0.05, 0.1) is 25.4 Å². The predicted molar refractivity (Wildman–Crippen MR) is 135 cm³/mol. The number of nitrogens with zero attached hydrogens (tertiary/aromatic N) is 1. The molecule has 6 heteroatoms. The Morgan fingerprint density at radius 1 is 1.03 bits per heavy atom. The van der Waals surface area contributed by atoms with Crippen LogP contribution in [0.3, 0.4) is 0 Å². The van der Waals surface area contributed by atoms with Crippen LogP contribution >= 0.6 is 0 Å². The summed E-state index contributed by atoms with van der Waals surface area (Å²) >= 11 is 0. The lowest BCUT2D eigenvalue weighted by Crippen LogP contribution is -2.66. The molecular formula is C29H32N2O4. The Hall–Kier alpha value is -3.19. The summed E-state index contributed by atoms with van der Waals surface area (Å²) in [4.78, 5) is 15.0. The molecule has 2 atom stereocenters. The summed E-state index contributed by atoms with van der Waals surface area (Å²) in [6.07, 6.45) is -0.488. The molecule has 5 rings (SSSR count). The fraction of sp³-hybridized carbons (Fsp3) is 0.345. The number of carbonyl (C=O) groups excluding carboxylic acids is 1. The Morgan fingerprint density at radius 3 is 2.31 bits per heavy atom. The van der Waals surface area contributed by atoms with Crippen LogP contribution < -0.4 is 5.32 Å². The lowest BCUT2D eigenvalue weighted by Gasteiger charge is -2.49. The van der Waals surface area contributed by atoms with Gasteiger partial charge in [-0.3, -0.25) is 4.90 Å². The van der Waals surface area contributed by atoms with Crippen LogP contribution in [-0.2, 0) is 16.0 Å². The van der Waals surface area contributed by atoms with Crippen LogP contribution in [0.5, 0.6) is 0 Å². The van der Waals surface area contributed by atoms with E-state index in [1.807, 2.05) is 42.5 Å². The fourth-order valence-corrected chi connectivity index (χ4v) is 5.39. The van der Waals surface area contributed by atoms with E-state index < -0.39 is 11.6 Å². The molecule has 1 amide bonds. The van der Waals surface area contributed by atoms with Gasteiger partial charge in [-0.1, -0.05) is 78.9 Å². The summed E-state index contributed by atoms with van der Waals surface area (Å²) in [5.74, 6) is 0.00701. The molecule has 3 aromatic rings. The molecule has 0 spiro atoms. The third-order valence-electron chi connectivity index (χ3n) is 7.27. The van der Waals surface area contributed by atoms with Crippen LogP contribution in [0.15, 0.2) is 78.9 Å². The minimum Gasteiger partial charge on any atom is -0.449 e. The monoisotopic (exact) mass is 472 g/mol. The molecule has 1 heterocycles. The van der Waals surface area contributed by atoms with Gasteiger partial charge in [0, 0.05) is 25.0 Å². The maximum atomic E-state index is 12.8. The van der Waals surface area contributed by atoms with E-state index in [1.54, 1.807) is 0 Å². The number of fused-ring (bicyclic) bond motifs is 3. The number of nitrogens with one attached hydrogen (secondary N) is 1. The molecule has 1 fully saturated rings. The quantitative estimate of drug-likeness (QED) is 0.540. The number of morpholine rings is 1. The highest BCUT2D eigenvalue weighted by molar-refractivity contribution is 5.79. The maximum absolute atomic E-state index is 12.8. The first-order valence-electron chi connectivity index (χ1n) is 12.2. The highest BCUT2D eigenvalue weighted by Gasteiger charge is 2.43. The van der Waals surface area contributed by atoms with Gasteiger partial charge < -0.3 is 19.9 Å². The molecule has 1 aliphatic heterocycles. The van der Waals surface area contributed by atoms with Crippen molar-refractivity contribution >= 4 is 6.09 Å². The molecule has 1 saturated heterocycles. The minimum atomic E-state index is -0.723. The number of carbonyl (C=O) groups is 1. The number of aliphatic hydroxyl groups is 1. The third-order valence-corrected chi connectivity index (χ3v) is 7.27. The number of hydrogen-bond acceptors (Lipinski definition) is 5. The molecule has 0 aromatic heterocycles. The lowest BCUT2D eigenvalue weighted by atomic mass is 9.94. The lowest BCUT2D eigenvalue weighted by molar-refractivity contribution is -0.122. The van der Waals surface area contributed by atoms with Gasteiger partial charge in [0.1, 0.15) is 6.61 Å². The van der Waals surface area contributed by atoms with E-state index in [0.29, 0.717) is 19.8 Å². The van der Waals surface area contributed by atoms with Crippen molar-refractivity contribution in [3.8, 4) is 11.1 Å². The first kappa shape index (κ1) is 23.5. The van der Waals surface area contributed by atoms with E-state index >= 15 is 0 Å². The van der Waals surface area contributed by atoms with Gasteiger partial charge in [0.2, 0.25) is 0 Å². The second-order valence-electron chi connectivity index (χ2n) is 9.54. The standard InChI is InChI=1S/C29H32N2O4/c1-21-16-34-20-29(19-32,31(21)15-22-9-3-2-4-10-22)18-30-28(33)35-17-27-25-13-7-5-11-23(25)24-12-6-8-14-26(24)27/h2-14,21,27,32H,15-20H2,1H3,(H,30,33)/t21-,29+/m1/s1. The number of alkyl carbamates (subject to hydrolysis) is 1. The first-order valence-corrected chi connectivity index (χ1v) is 12.2. The third kappa shape index (κ3) is 4.69. The smallest absolute Gasteiger partial charge is 0.407 e. The Kier molecular flexibility index (Phi) is 6.86. The van der Waals surface area contributed by atoms with E-state index in [9.17, 15) is 9.90 Å². The Bertz CT molecular complexity index is 1120. The molecule has 1 aliphatic carbocycles. The van der Waals surface area contributed by atoms with Crippen LogP contribution in [0.25, 0.3) is 11.1 Å². The van der Waals surface area contributed by atoms with Crippen LogP contribution in [0.4, 0.5) is 4.79 Å². The number of aliphatic hydroxyl groups excluding tert-OH is 1. The molecule has 6 nitrogen and oxygen atoms in total. The van der Waals surface area contributed by atoms with Crippen LogP contribution in [-0.4, -0.2) is 60.7 Å². The molecular weight excluding hydrogens is 440 g/mol. The molecule has 3 aromatic carbocycles. The summed E-state index contributed by atoms with van der Waals surface area (Å²) in [6.45, 7) is 4.03. The SMILES string of the molecule is C[C@@H]1COC[C@@](CO)(CNC(=O)OCC2c3ccccc3-c3ccccc32)N1Cc1ccccc1. The zero-order valence-corrected chi connectivity index (χ0v) is 20.0. The molecule has 182 valence electrons. The summed E-state index contributed by atoms with van der Waals surface area (Å²) in [6, 6.07) is 26.8. The van der Waals surface area contributed by atoms with Gasteiger partial charge in [-0.2, -0.15) is 0 Å². The van der Waals surface area contributed by atoms with E-state index in [0.717, 1.165) is 5.56 Å². The minimum absolute atomic E-state index is 0.00701. The molecule has 0 unspecified atom stereocenters. The van der Waals surface area contributed by atoms with Gasteiger partial charge in [-0.15, -0.1) is 0 Å². The zero-order valence-electron chi connectivity index (χ0n) is 20.0. The van der Waals surface area contributed by atoms with Crippen molar-refractivity contribution < 1.29 is 19.4 Å². The normalized spacial score (nSPS) is 21.8. The average Bonchev–Trinajstić information content (AvgIpc) is 3.22. The number of ether oxygens (including phenoxy) is 2. The molecule has 0 bridgehead atoms. The van der Waals surface area contributed by atoms with Crippen molar-refractivity contribution in [1.82, 2.24) is 10.2 Å². The summed E-state index contributed by atoms with van der Waals surface area (Å²) in [5, 5.41) is 13.3. The zero-order chi connectivity index (χ0) is 24.3. The van der Waals surface area contributed by atoms with Gasteiger partial charge in [-0.25, -0.2) is 4.79 Å². The van der Waals surface area contributed by atoms with Crippen molar-refractivity contribution in [2.24, 2.45) is 0 Å². The predicted octanol–water partition coefficient (Wildman–Crippen LogP) is 4.18. The fourth-order valence-electron chi connectivity index (χ4n) is 5.39. The van der Waals surface area contributed by atoms with Crippen LogP contribution in [0.1, 0.15) is 29.5 Å². The maximum Gasteiger partial charge on any atom is 0.407 e. The van der Waals surface area contributed by atoms with Crippen LogP contribution in [0, 0.1) is 0 Å². The number of benzene rings is 3. The number of hydrogen-bond donors (Lipinski definition) is 2. The Labute approximate surface area is 206 Å². The summed E-state index contributed by atoms with van der Waals surface area (Å²) in [7, 11) is 0. The molecule has 35 heavy (non-hydrogen) atoms. The van der Waals surface area contributed by atoms with Crippen molar-refractivity contribution in [3.63, 3.8) is 0 Å². The van der Waals surface area contributed by atoms with E-state index in [1.165, 1.54) is 22.3 Å². The highest BCUT2D eigenvalue weighted by Crippen LogP contribution is 2.44. The van der Waals surface area contributed by atoms with Crippen molar-refractivity contribution in [2.75, 3.05) is 33.0 Å². The van der Waals surface area contributed by atoms with Gasteiger partial charge in [-0.05, 0) is 34.7 Å². The largest absolute Gasteiger partial charge is 0.449 e. The highest BCUT2D eigenvalue weighted by atomic mass is 16.5. The number of rotatable bonds is 7. The topological polar surface area (TPSA) is 71.0 Å². The van der Waals surface area contributed by atoms with Gasteiger partial charge in [0.15, 0.2) is 0 Å². The van der Waals surface area contributed by atoms with Crippen LogP contribution in [0.2, 0.25) is 0 Å². The van der Waals surface area contributed by atoms with Crippen molar-refractivity contribution in [1.29, 1.82) is 0 Å². The van der Waals surface area contributed by atoms with Crippen molar-refractivity contribution in [3.05, 3.63) is 95.6 Å². The van der Waals surface area contributed by atoms with Gasteiger partial charge >= 0.3 is 6.09 Å². The van der Waals surface area contributed by atoms with Gasteiger partial charge in [0.25, 0.3) is 0 Å². The average molecular weight is 473 g/mol. The Balaban J connectivity index is 1.25. The number of amides is 1. The second kappa shape index (κ2) is 10.2.